The third kappa shape index (κ3) is 9.27. The van der Waals surface area contributed by atoms with E-state index in [9.17, 15) is 45.6 Å². The molecule has 0 heterocycles. The monoisotopic (exact) mass is 734 g/mol. The molecule has 3 aromatic rings. The number of ketones is 1. The van der Waals surface area contributed by atoms with Gasteiger partial charge in [0.2, 0.25) is 11.8 Å². The van der Waals surface area contributed by atoms with Gasteiger partial charge in [0, 0.05) is 22.2 Å². The highest BCUT2D eigenvalue weighted by Gasteiger charge is 2.43. The number of hydrogen-bond donors (Lipinski definition) is 3. The lowest BCUT2D eigenvalue weighted by Gasteiger charge is -2.34. The molecule has 0 bridgehead atoms. The first-order valence-corrected chi connectivity index (χ1v) is 17.2. The number of carbonyl (C=O) groups excluding carboxylic acids is 5. The Kier molecular flexibility index (Phi) is 11.7. The number of fused-ring (bicyclic) bond motifs is 1. The van der Waals surface area contributed by atoms with Crippen molar-refractivity contribution in [2.24, 2.45) is 5.92 Å². The SMILES string of the molecule is CC(NC(=O)CN(C(=O)C(NC(=O)c1ccc(C(=O)NS(=O)(=O)c2ccc(Cl)cc2)cc1)C(C)C)C1Cc2ccccc2C1)C(=O)C(F)(F)F. The minimum atomic E-state index is -5.17. The summed E-state index contributed by atoms with van der Waals surface area (Å²) in [6.07, 6.45) is -4.47. The van der Waals surface area contributed by atoms with Crippen LogP contribution in [0, 0.1) is 5.92 Å². The number of benzene rings is 3. The number of Topliss-reactive ketones (excluding diaryl/α,β-unsaturated/α-hetero) is 1. The first-order valence-electron chi connectivity index (χ1n) is 15.4. The summed E-state index contributed by atoms with van der Waals surface area (Å²) < 4.78 is 66.0. The molecule has 11 nitrogen and oxygen atoms in total. The average Bonchev–Trinajstić information content (AvgIpc) is 3.49. The van der Waals surface area contributed by atoms with Gasteiger partial charge in [0.1, 0.15) is 6.04 Å². The lowest BCUT2D eigenvalue weighted by Crippen LogP contribution is -2.57. The number of nitrogens with zero attached hydrogens (tertiary/aromatic N) is 1. The number of carbonyl (C=O) groups is 5. The van der Waals surface area contributed by atoms with Gasteiger partial charge >= 0.3 is 6.18 Å². The Bertz CT molecular complexity index is 1860. The molecule has 0 radical (unpaired) electrons. The second-order valence-corrected chi connectivity index (χ2v) is 14.2. The zero-order valence-electron chi connectivity index (χ0n) is 27.1. The summed E-state index contributed by atoms with van der Waals surface area (Å²) >= 11 is 5.80. The highest BCUT2D eigenvalue weighted by molar-refractivity contribution is 7.90. The molecule has 3 N–H and O–H groups in total. The van der Waals surface area contributed by atoms with Gasteiger partial charge in [-0.2, -0.15) is 13.2 Å². The fourth-order valence-electron chi connectivity index (χ4n) is 5.44. The molecule has 1 aliphatic rings. The lowest BCUT2D eigenvalue weighted by atomic mass is 10.00. The summed E-state index contributed by atoms with van der Waals surface area (Å²) in [4.78, 5) is 65.7. The maximum absolute atomic E-state index is 14.1. The standard InChI is InChI=1S/C34H34ClF3N4O7S/c1-19(2)29(40-31(45)21-8-10-22(11-9-21)32(46)41-50(48,49)27-14-12-25(35)13-15-27)33(47)42(26-16-23-6-4-5-7-24(23)17-26)18-28(43)39-20(3)30(44)34(36,37)38/h4-15,19-20,26,29H,16-18H2,1-3H3,(H,39,43)(H,40,45)(H,41,46). The van der Waals surface area contributed by atoms with Crippen LogP contribution in [-0.2, 0) is 37.2 Å². The maximum atomic E-state index is 14.1. The molecule has 0 aliphatic heterocycles. The molecule has 0 aromatic heterocycles. The number of sulfonamides is 1. The number of amides is 4. The van der Waals surface area contributed by atoms with Crippen molar-refractivity contribution in [3.8, 4) is 0 Å². The van der Waals surface area contributed by atoms with E-state index < -0.39 is 76.2 Å². The van der Waals surface area contributed by atoms with Crippen molar-refractivity contribution in [2.45, 2.75) is 62.8 Å². The van der Waals surface area contributed by atoms with Gasteiger partial charge in [-0.25, -0.2) is 13.1 Å². The molecule has 266 valence electrons. The van der Waals surface area contributed by atoms with Gasteiger partial charge in [0.15, 0.2) is 0 Å². The van der Waals surface area contributed by atoms with Crippen LogP contribution < -0.4 is 15.4 Å². The van der Waals surface area contributed by atoms with Crippen LogP contribution in [0.1, 0.15) is 52.6 Å². The van der Waals surface area contributed by atoms with Crippen molar-refractivity contribution in [3.05, 3.63) is 100 Å². The number of halogens is 4. The number of hydrogen-bond acceptors (Lipinski definition) is 7. The fraction of sp³-hybridized carbons (Fsp3) is 0.324. The van der Waals surface area contributed by atoms with Crippen molar-refractivity contribution in [1.29, 1.82) is 0 Å². The summed E-state index contributed by atoms with van der Waals surface area (Å²) in [7, 11) is -4.22. The van der Waals surface area contributed by atoms with E-state index in [0.717, 1.165) is 18.1 Å². The Morgan fingerprint density at radius 3 is 1.84 bits per heavy atom. The van der Waals surface area contributed by atoms with Gasteiger partial charge in [0.25, 0.3) is 27.6 Å². The van der Waals surface area contributed by atoms with E-state index in [-0.39, 0.29) is 16.0 Å². The van der Waals surface area contributed by atoms with Gasteiger partial charge in [-0.15, -0.1) is 0 Å². The van der Waals surface area contributed by atoms with E-state index >= 15 is 0 Å². The molecule has 0 saturated heterocycles. The summed E-state index contributed by atoms with van der Waals surface area (Å²) in [5, 5.41) is 4.98. The Balaban J connectivity index is 1.50. The van der Waals surface area contributed by atoms with Gasteiger partial charge in [0.05, 0.1) is 17.5 Å². The molecular formula is C34H34ClF3N4O7S. The molecule has 2 unspecified atom stereocenters. The van der Waals surface area contributed by atoms with E-state index in [4.69, 9.17) is 11.6 Å². The van der Waals surface area contributed by atoms with Gasteiger partial charge in [-0.1, -0.05) is 49.7 Å². The molecule has 4 amide bonds. The summed E-state index contributed by atoms with van der Waals surface area (Å²) in [6.45, 7) is 3.54. The molecule has 0 saturated carbocycles. The van der Waals surface area contributed by atoms with E-state index in [1.807, 2.05) is 34.3 Å². The van der Waals surface area contributed by atoms with Crippen molar-refractivity contribution in [2.75, 3.05) is 6.54 Å². The lowest BCUT2D eigenvalue weighted by molar-refractivity contribution is -0.173. The second-order valence-electron chi connectivity index (χ2n) is 12.1. The van der Waals surface area contributed by atoms with Crippen LogP contribution >= 0.6 is 11.6 Å². The second kappa shape index (κ2) is 15.4. The van der Waals surface area contributed by atoms with Crippen molar-refractivity contribution >= 4 is 51.0 Å². The summed E-state index contributed by atoms with van der Waals surface area (Å²) in [6, 6.07) is 13.8. The zero-order valence-corrected chi connectivity index (χ0v) is 28.7. The van der Waals surface area contributed by atoms with Crippen LogP contribution in [0.25, 0.3) is 0 Å². The first-order chi connectivity index (χ1) is 23.4. The van der Waals surface area contributed by atoms with Crippen LogP contribution in [0.3, 0.4) is 0 Å². The van der Waals surface area contributed by atoms with Crippen LogP contribution in [0.4, 0.5) is 13.2 Å². The molecule has 50 heavy (non-hydrogen) atoms. The zero-order chi connectivity index (χ0) is 37.0. The van der Waals surface area contributed by atoms with E-state index in [1.54, 1.807) is 13.8 Å². The minimum Gasteiger partial charge on any atom is -0.345 e. The van der Waals surface area contributed by atoms with E-state index in [2.05, 4.69) is 5.32 Å². The number of alkyl halides is 3. The molecule has 0 spiro atoms. The normalized spacial score (nSPS) is 14.3. The summed E-state index contributed by atoms with van der Waals surface area (Å²) in [5.41, 5.74) is 1.79. The van der Waals surface area contributed by atoms with Crippen LogP contribution in [-0.4, -0.2) is 73.6 Å². The third-order valence-corrected chi connectivity index (χ3v) is 9.70. The van der Waals surface area contributed by atoms with Crippen LogP contribution in [0.5, 0.6) is 0 Å². The predicted octanol–water partition coefficient (Wildman–Crippen LogP) is 3.85. The number of rotatable bonds is 12. The van der Waals surface area contributed by atoms with Gasteiger partial charge < -0.3 is 15.5 Å². The highest BCUT2D eigenvalue weighted by Crippen LogP contribution is 2.27. The predicted molar refractivity (Wildman–Crippen MR) is 177 cm³/mol. The molecule has 0 fully saturated rings. The third-order valence-electron chi connectivity index (χ3n) is 8.10. The van der Waals surface area contributed by atoms with Crippen molar-refractivity contribution < 1.29 is 45.6 Å². The van der Waals surface area contributed by atoms with Crippen molar-refractivity contribution in [1.82, 2.24) is 20.3 Å². The van der Waals surface area contributed by atoms with Crippen LogP contribution in [0.15, 0.2) is 77.7 Å². The highest BCUT2D eigenvalue weighted by atomic mass is 35.5. The average molecular weight is 735 g/mol. The largest absolute Gasteiger partial charge is 0.452 e. The van der Waals surface area contributed by atoms with Gasteiger partial charge in [-0.05, 0) is 85.3 Å². The molecule has 3 aromatic carbocycles. The van der Waals surface area contributed by atoms with E-state index in [0.29, 0.717) is 17.9 Å². The molecule has 4 rings (SSSR count). The molecular weight excluding hydrogens is 701 g/mol. The maximum Gasteiger partial charge on any atom is 0.452 e. The number of nitrogens with one attached hydrogen (secondary N) is 3. The van der Waals surface area contributed by atoms with Gasteiger partial charge in [-0.3, -0.25) is 24.0 Å². The first kappa shape index (κ1) is 38.0. The summed E-state index contributed by atoms with van der Waals surface area (Å²) in [5.74, 6) is -5.99. The molecule has 1 aliphatic carbocycles. The minimum absolute atomic E-state index is 0.0256. The molecule has 16 heteroatoms. The Morgan fingerprint density at radius 1 is 0.820 bits per heavy atom. The Morgan fingerprint density at radius 2 is 1.34 bits per heavy atom. The fourth-order valence-corrected chi connectivity index (χ4v) is 6.54. The quantitative estimate of drug-likeness (QED) is 0.255. The Hall–Kier alpha value is -4.76. The smallest absolute Gasteiger partial charge is 0.345 e. The van der Waals surface area contributed by atoms with E-state index in [1.165, 1.54) is 53.4 Å². The van der Waals surface area contributed by atoms with Crippen LogP contribution in [0.2, 0.25) is 5.02 Å². The topological polar surface area (TPSA) is 159 Å². The van der Waals surface area contributed by atoms with Crippen molar-refractivity contribution in [3.63, 3.8) is 0 Å². The Labute approximate surface area is 291 Å². The molecule has 2 atom stereocenters.